The van der Waals surface area contributed by atoms with E-state index in [0.717, 1.165) is 10.0 Å². The molecule has 2 aromatic carbocycles. The molecule has 0 N–H and O–H groups in total. The van der Waals surface area contributed by atoms with E-state index >= 15 is 0 Å². The predicted octanol–water partition coefficient (Wildman–Crippen LogP) is 1.71. The maximum atomic E-state index is 12.1. The van der Waals surface area contributed by atoms with E-state index in [-0.39, 0.29) is 0 Å². The van der Waals surface area contributed by atoms with Crippen molar-refractivity contribution in [2.75, 3.05) is 0 Å². The Morgan fingerprint density at radius 1 is 0.882 bits per heavy atom. The normalized spacial score (nSPS) is 11.4. The molecule has 0 heterocycles. The van der Waals surface area contributed by atoms with Crippen LogP contribution in [0.3, 0.4) is 0 Å². The Hall–Kier alpha value is -1.09. The van der Waals surface area contributed by atoms with Crippen molar-refractivity contribution in [2.45, 2.75) is 11.8 Å². The molecule has 17 heavy (non-hydrogen) atoms. The molecule has 4 heteroatoms. The van der Waals surface area contributed by atoms with Crippen molar-refractivity contribution in [3.05, 3.63) is 60.2 Å². The summed E-state index contributed by atoms with van der Waals surface area (Å²) in [5.74, 6) is 0. The number of rotatable bonds is 3. The van der Waals surface area contributed by atoms with Crippen molar-refractivity contribution in [1.29, 1.82) is 0 Å². The Morgan fingerprint density at radius 2 is 1.47 bits per heavy atom. The minimum absolute atomic E-state index is 0.409. The molecule has 0 aliphatic carbocycles. The van der Waals surface area contributed by atoms with Crippen LogP contribution >= 0.6 is 0 Å². The van der Waals surface area contributed by atoms with Gasteiger partial charge in [0.2, 0.25) is 0 Å². The quantitative estimate of drug-likeness (QED) is 0.809. The van der Waals surface area contributed by atoms with E-state index in [0.29, 0.717) is 4.90 Å². The molecule has 0 atom stereocenters. The zero-order valence-corrected chi connectivity index (χ0v) is 11.9. The van der Waals surface area contributed by atoms with Crippen molar-refractivity contribution < 1.29 is 8.42 Å². The molecule has 0 aliphatic rings. The predicted molar refractivity (Wildman–Crippen MR) is 70.2 cm³/mol. The fraction of sp³-hybridized carbons (Fsp3) is 0.0769. The van der Waals surface area contributed by atoms with Gasteiger partial charge in [0, 0.05) is 0 Å². The van der Waals surface area contributed by atoms with Gasteiger partial charge in [0.1, 0.15) is 0 Å². The first-order valence-corrected chi connectivity index (χ1v) is 9.50. The molecule has 0 aliphatic heterocycles. The Kier molecular flexibility index (Phi) is 3.67. The third-order valence-corrected chi connectivity index (χ3v) is 7.89. The van der Waals surface area contributed by atoms with Crippen molar-refractivity contribution in [3.8, 4) is 0 Å². The average molecular weight is 311 g/mol. The van der Waals surface area contributed by atoms with Gasteiger partial charge in [-0.3, -0.25) is 0 Å². The zero-order valence-electron chi connectivity index (χ0n) is 9.33. The van der Waals surface area contributed by atoms with Crippen LogP contribution in [0.15, 0.2) is 59.5 Å². The van der Waals surface area contributed by atoms with Gasteiger partial charge < -0.3 is 0 Å². The van der Waals surface area contributed by atoms with E-state index in [1.54, 1.807) is 12.1 Å². The zero-order chi connectivity index (χ0) is 12.3. The van der Waals surface area contributed by atoms with E-state index in [2.05, 4.69) is 0 Å². The number of hydrogen-bond acceptors (Lipinski definition) is 2. The van der Waals surface area contributed by atoms with Crippen LogP contribution < -0.4 is 4.46 Å². The van der Waals surface area contributed by atoms with Gasteiger partial charge in [-0.05, 0) is 0 Å². The molecule has 88 valence electrons. The Labute approximate surface area is 107 Å². The van der Waals surface area contributed by atoms with Crippen LogP contribution in [0.2, 0.25) is 0 Å². The second-order valence-electron chi connectivity index (χ2n) is 3.66. The fourth-order valence-electron chi connectivity index (χ4n) is 1.36. The van der Waals surface area contributed by atoms with E-state index < -0.39 is 22.1 Å². The molecule has 0 aromatic heterocycles. The van der Waals surface area contributed by atoms with Crippen LogP contribution in [-0.2, 0) is 8.26 Å². The van der Waals surface area contributed by atoms with Crippen LogP contribution in [0.4, 0.5) is 0 Å². The molecule has 0 unspecified atom stereocenters. The summed E-state index contributed by atoms with van der Waals surface area (Å²) in [6.45, 7) is 1.94. The van der Waals surface area contributed by atoms with Crippen LogP contribution in [0, 0.1) is 6.92 Å². The molecule has 2 aromatic rings. The van der Waals surface area contributed by atoms with Crippen molar-refractivity contribution in [3.63, 3.8) is 0 Å². The summed E-state index contributed by atoms with van der Waals surface area (Å²) in [6.07, 6.45) is 0. The molecule has 0 spiro atoms. The molecule has 0 saturated heterocycles. The molecule has 2 rings (SSSR count). The molecule has 2 nitrogen and oxygen atoms in total. The van der Waals surface area contributed by atoms with Crippen LogP contribution in [0.1, 0.15) is 5.56 Å². The number of benzene rings is 2. The second kappa shape index (κ2) is 5.05. The molecule has 0 radical (unpaired) electrons. The summed E-state index contributed by atoms with van der Waals surface area (Å²) in [6, 6.07) is 16.3. The monoisotopic (exact) mass is 312 g/mol. The van der Waals surface area contributed by atoms with Crippen LogP contribution in [-0.4, -0.2) is 22.3 Å². The summed E-state index contributed by atoms with van der Waals surface area (Å²) in [7, 11) is -3.17. The topological polar surface area (TPSA) is 34.1 Å². The third kappa shape index (κ3) is 3.19. The van der Waals surface area contributed by atoms with E-state index in [1.165, 1.54) is 0 Å². The fourth-order valence-corrected chi connectivity index (χ4v) is 6.21. The molecule has 0 fully saturated rings. The van der Waals surface area contributed by atoms with E-state index in [1.807, 2.05) is 49.4 Å². The molecular formula is C13H12O2SSe. The SMILES string of the molecule is Cc1ccc(S(=O)(=O)[Se]c2ccccc2)cc1. The summed E-state index contributed by atoms with van der Waals surface area (Å²) in [5.41, 5.74) is 1.07. The first-order chi connectivity index (χ1) is 8.08. The Balaban J connectivity index is 2.29. The summed E-state index contributed by atoms with van der Waals surface area (Å²) in [5, 5.41) is 0. The van der Waals surface area contributed by atoms with Crippen molar-refractivity contribution >= 4 is 26.6 Å². The summed E-state index contributed by atoms with van der Waals surface area (Å²) in [4.78, 5) is 0.409. The van der Waals surface area contributed by atoms with Gasteiger partial charge >= 0.3 is 107 Å². The van der Waals surface area contributed by atoms with Crippen LogP contribution in [0.5, 0.6) is 0 Å². The van der Waals surface area contributed by atoms with Gasteiger partial charge in [0.25, 0.3) is 0 Å². The van der Waals surface area contributed by atoms with Gasteiger partial charge in [0.15, 0.2) is 0 Å². The van der Waals surface area contributed by atoms with Crippen molar-refractivity contribution in [1.82, 2.24) is 0 Å². The van der Waals surface area contributed by atoms with E-state index in [4.69, 9.17) is 0 Å². The molecular weight excluding hydrogens is 299 g/mol. The molecule has 0 amide bonds. The van der Waals surface area contributed by atoms with Gasteiger partial charge in [-0.1, -0.05) is 0 Å². The summed E-state index contributed by atoms with van der Waals surface area (Å²) < 4.78 is 25.2. The van der Waals surface area contributed by atoms with Gasteiger partial charge in [-0.2, -0.15) is 0 Å². The third-order valence-electron chi connectivity index (χ3n) is 2.26. The average Bonchev–Trinajstić information content (AvgIpc) is 2.30. The Bertz CT molecular complexity index is 589. The Morgan fingerprint density at radius 3 is 2.06 bits per heavy atom. The first-order valence-electron chi connectivity index (χ1n) is 5.14. The van der Waals surface area contributed by atoms with Crippen LogP contribution in [0.25, 0.3) is 0 Å². The standard InChI is InChI=1S/C13H12O2SSe/c1-11-7-9-12(10-8-11)16(14,15)17-13-5-3-2-4-6-13/h2-10H,1H3. The van der Waals surface area contributed by atoms with Gasteiger partial charge in [-0.25, -0.2) is 0 Å². The first kappa shape index (κ1) is 12.4. The second-order valence-corrected chi connectivity index (χ2v) is 10.0. The summed E-state index contributed by atoms with van der Waals surface area (Å²) >= 11 is -0.566. The van der Waals surface area contributed by atoms with Gasteiger partial charge in [0.05, 0.1) is 0 Å². The molecule has 0 bridgehead atoms. The van der Waals surface area contributed by atoms with Crippen molar-refractivity contribution in [2.24, 2.45) is 0 Å². The number of aryl methyl sites for hydroxylation is 1. The molecule has 0 saturated carbocycles. The maximum absolute atomic E-state index is 12.1. The number of hydrogen-bond donors (Lipinski definition) is 0. The van der Waals surface area contributed by atoms with E-state index in [9.17, 15) is 8.42 Å². The minimum atomic E-state index is -3.17. The van der Waals surface area contributed by atoms with Gasteiger partial charge in [-0.15, -0.1) is 0 Å².